The number of aromatic nitrogens is 2. The Bertz CT molecular complexity index is 1500. The maximum Gasteiger partial charge on any atom is 0.155 e. The van der Waals surface area contributed by atoms with E-state index >= 15 is 0 Å². The van der Waals surface area contributed by atoms with Crippen molar-refractivity contribution in [2.24, 2.45) is 4.99 Å². The smallest absolute Gasteiger partial charge is 0.155 e. The first-order chi connectivity index (χ1) is 17.2. The molecular weight excluding hydrogens is 458 g/mol. The molecule has 0 fully saturated rings. The molecule has 0 atom stereocenters. The average molecular weight is 486 g/mol. The summed E-state index contributed by atoms with van der Waals surface area (Å²) in [7, 11) is 1.65. The number of hydrogen-bond donors (Lipinski definition) is 1. The standard InChI is InChI=1S/C27H27N5O2S/c1-4-32(13-12-29-35-33-3)20-14-18(2)26-24(15-20)34-25-16-23(30-19-8-7-11-28-17-19)21-9-5-6-10-22(21)27(25)31-26/h5-11,14-17,29H,4,12-13H2,1-3H3/b30-23-. The third-order valence-electron chi connectivity index (χ3n) is 5.92. The molecule has 0 amide bonds. The second-order valence-corrected chi connectivity index (χ2v) is 8.95. The highest BCUT2D eigenvalue weighted by Gasteiger charge is 2.17. The highest BCUT2D eigenvalue weighted by atomic mass is 32.2. The molecule has 0 saturated carbocycles. The van der Waals surface area contributed by atoms with Gasteiger partial charge < -0.3 is 13.5 Å². The van der Waals surface area contributed by atoms with Crippen LogP contribution < -0.4 is 15.0 Å². The van der Waals surface area contributed by atoms with E-state index in [1.54, 1.807) is 19.5 Å². The molecule has 1 aromatic heterocycles. The number of likely N-dealkylation sites (N-methyl/N-ethyl adjacent to an activating group) is 1. The Hall–Kier alpha value is -3.46. The van der Waals surface area contributed by atoms with Gasteiger partial charge in [-0.2, -0.15) is 0 Å². The summed E-state index contributed by atoms with van der Waals surface area (Å²) in [5, 5.41) is 2.87. The van der Waals surface area contributed by atoms with E-state index in [1.807, 2.05) is 30.3 Å². The Labute approximate surface area is 208 Å². The molecule has 3 aromatic rings. The maximum atomic E-state index is 6.49. The number of fused-ring (bicyclic) bond motifs is 4. The first kappa shape index (κ1) is 23.3. The molecule has 2 aromatic carbocycles. The van der Waals surface area contributed by atoms with E-state index < -0.39 is 0 Å². The first-order valence-electron chi connectivity index (χ1n) is 11.6. The molecular formula is C27H27N5O2S. The fraction of sp³-hybridized carbons (Fsp3) is 0.222. The number of pyridine rings is 1. The monoisotopic (exact) mass is 485 g/mol. The molecule has 0 bridgehead atoms. The highest BCUT2D eigenvalue weighted by Crippen LogP contribution is 2.33. The van der Waals surface area contributed by atoms with Crippen LogP contribution in [0.4, 0.5) is 11.4 Å². The second-order valence-electron chi connectivity index (χ2n) is 8.16. The Morgan fingerprint density at radius 3 is 2.74 bits per heavy atom. The lowest BCUT2D eigenvalue weighted by Gasteiger charge is -2.24. The minimum Gasteiger partial charge on any atom is -0.453 e. The van der Waals surface area contributed by atoms with Gasteiger partial charge in [0.15, 0.2) is 11.3 Å². The quantitative estimate of drug-likeness (QED) is 0.100. The Kier molecular flexibility index (Phi) is 6.94. The van der Waals surface area contributed by atoms with Gasteiger partial charge in [0.1, 0.15) is 11.2 Å². The molecule has 7 nitrogen and oxygen atoms in total. The molecule has 0 unspecified atom stereocenters. The van der Waals surface area contributed by atoms with E-state index in [2.05, 4.69) is 52.7 Å². The van der Waals surface area contributed by atoms with E-state index in [0.29, 0.717) is 5.76 Å². The van der Waals surface area contributed by atoms with Crippen LogP contribution in [0.25, 0.3) is 33.3 Å². The molecule has 2 heterocycles. The van der Waals surface area contributed by atoms with Crippen molar-refractivity contribution in [1.29, 1.82) is 0 Å². The predicted octanol–water partition coefficient (Wildman–Crippen LogP) is 5.65. The molecule has 35 heavy (non-hydrogen) atoms. The van der Waals surface area contributed by atoms with Gasteiger partial charge in [-0.05, 0) is 37.6 Å². The third-order valence-corrected chi connectivity index (χ3v) is 6.41. The Balaban J connectivity index is 1.66. The van der Waals surface area contributed by atoms with Crippen molar-refractivity contribution in [3.05, 3.63) is 77.9 Å². The summed E-state index contributed by atoms with van der Waals surface area (Å²) >= 11 is 1.25. The SMILES string of the molecule is CCN(CCNSOC)c1cc(C)c2nc3c4ccccc4/c(=N\c4cccnc4)cc-3oc2c1. The minimum atomic E-state index is 0.705. The maximum absolute atomic E-state index is 6.49. The zero-order chi connectivity index (χ0) is 24.2. The van der Waals surface area contributed by atoms with Crippen LogP contribution >= 0.6 is 12.2 Å². The van der Waals surface area contributed by atoms with Gasteiger partial charge in [0, 0.05) is 54.4 Å². The van der Waals surface area contributed by atoms with Gasteiger partial charge >= 0.3 is 0 Å². The molecule has 0 saturated heterocycles. The van der Waals surface area contributed by atoms with Gasteiger partial charge in [0.05, 0.1) is 36.6 Å². The van der Waals surface area contributed by atoms with Gasteiger partial charge in [-0.15, -0.1) is 0 Å². The van der Waals surface area contributed by atoms with Crippen molar-refractivity contribution in [1.82, 2.24) is 14.7 Å². The molecule has 0 spiro atoms. The van der Waals surface area contributed by atoms with Crippen LogP contribution in [-0.2, 0) is 4.18 Å². The van der Waals surface area contributed by atoms with Crippen LogP contribution in [0.1, 0.15) is 12.5 Å². The number of benzene rings is 3. The number of nitrogens with one attached hydrogen (secondary N) is 1. The van der Waals surface area contributed by atoms with Gasteiger partial charge in [0.2, 0.25) is 0 Å². The van der Waals surface area contributed by atoms with Crippen LogP contribution in [0.2, 0.25) is 0 Å². The Morgan fingerprint density at radius 2 is 1.97 bits per heavy atom. The van der Waals surface area contributed by atoms with Gasteiger partial charge in [0.25, 0.3) is 0 Å². The van der Waals surface area contributed by atoms with Crippen LogP contribution in [0.15, 0.2) is 76.4 Å². The summed E-state index contributed by atoms with van der Waals surface area (Å²) in [6.07, 6.45) is 3.50. The van der Waals surface area contributed by atoms with E-state index in [0.717, 1.165) is 69.5 Å². The number of anilines is 1. The van der Waals surface area contributed by atoms with Crippen molar-refractivity contribution >= 4 is 45.5 Å². The molecule has 1 aliphatic heterocycles. The summed E-state index contributed by atoms with van der Waals surface area (Å²) in [6.45, 7) is 6.75. The number of rotatable bonds is 8. The van der Waals surface area contributed by atoms with Gasteiger partial charge in [-0.1, -0.05) is 24.3 Å². The topological polar surface area (TPSA) is 75.8 Å². The highest BCUT2D eigenvalue weighted by molar-refractivity contribution is 7.92. The largest absolute Gasteiger partial charge is 0.453 e. The number of hydrogen-bond acceptors (Lipinski definition) is 8. The van der Waals surface area contributed by atoms with Crippen molar-refractivity contribution in [3.8, 4) is 11.5 Å². The molecule has 5 rings (SSSR count). The number of aryl methyl sites for hydroxylation is 1. The average Bonchev–Trinajstić information content (AvgIpc) is 2.88. The van der Waals surface area contributed by atoms with Crippen molar-refractivity contribution in [2.45, 2.75) is 13.8 Å². The minimum absolute atomic E-state index is 0.705. The lowest BCUT2D eigenvalue weighted by atomic mass is 10.0. The van der Waals surface area contributed by atoms with E-state index in [4.69, 9.17) is 18.6 Å². The third kappa shape index (κ3) is 4.86. The molecule has 1 N–H and O–H groups in total. The summed E-state index contributed by atoms with van der Waals surface area (Å²) in [5.41, 5.74) is 5.44. The van der Waals surface area contributed by atoms with E-state index in [-0.39, 0.29) is 0 Å². The first-order valence-corrected chi connectivity index (χ1v) is 12.3. The van der Waals surface area contributed by atoms with Crippen molar-refractivity contribution in [3.63, 3.8) is 0 Å². The van der Waals surface area contributed by atoms with E-state index in [1.165, 1.54) is 12.2 Å². The molecule has 0 radical (unpaired) electrons. The number of nitrogens with zero attached hydrogens (tertiary/aromatic N) is 4. The summed E-state index contributed by atoms with van der Waals surface area (Å²) in [5.74, 6) is 0.705. The summed E-state index contributed by atoms with van der Waals surface area (Å²) < 4.78 is 14.7. The Morgan fingerprint density at radius 1 is 1.11 bits per heavy atom. The van der Waals surface area contributed by atoms with Crippen LogP contribution in [-0.4, -0.2) is 36.7 Å². The second kappa shape index (κ2) is 10.4. The fourth-order valence-corrected chi connectivity index (χ4v) is 4.57. The zero-order valence-corrected chi connectivity index (χ0v) is 20.8. The van der Waals surface area contributed by atoms with E-state index in [9.17, 15) is 0 Å². The summed E-state index contributed by atoms with van der Waals surface area (Å²) in [4.78, 5) is 16.4. The lowest BCUT2D eigenvalue weighted by molar-refractivity contribution is 0.483. The zero-order valence-electron chi connectivity index (χ0n) is 20.0. The van der Waals surface area contributed by atoms with Crippen LogP contribution in [0.5, 0.6) is 0 Å². The predicted molar refractivity (Wildman–Crippen MR) is 143 cm³/mol. The molecule has 178 valence electrons. The lowest BCUT2D eigenvalue weighted by Crippen LogP contribution is -2.30. The van der Waals surface area contributed by atoms with Crippen molar-refractivity contribution < 1.29 is 8.60 Å². The van der Waals surface area contributed by atoms with Crippen molar-refractivity contribution in [2.75, 3.05) is 31.6 Å². The fourth-order valence-electron chi connectivity index (χ4n) is 4.27. The molecule has 8 heteroatoms. The van der Waals surface area contributed by atoms with Gasteiger partial charge in [-0.3, -0.25) is 4.98 Å². The summed E-state index contributed by atoms with van der Waals surface area (Å²) in [6, 6.07) is 18.2. The van der Waals surface area contributed by atoms with Gasteiger partial charge in [-0.25, -0.2) is 14.7 Å². The molecule has 2 aliphatic rings. The molecule has 1 aliphatic carbocycles. The normalized spacial score (nSPS) is 12.1. The van der Waals surface area contributed by atoms with Crippen LogP contribution in [0, 0.1) is 6.92 Å². The van der Waals surface area contributed by atoms with Crippen LogP contribution in [0.3, 0.4) is 0 Å².